The summed E-state index contributed by atoms with van der Waals surface area (Å²) in [5.41, 5.74) is -0.841. The smallest absolute Gasteiger partial charge is 0.303 e. The van der Waals surface area contributed by atoms with Gasteiger partial charge in [0.15, 0.2) is 17.2 Å². The van der Waals surface area contributed by atoms with Crippen LogP contribution in [0.5, 0.6) is 0 Å². The SMILES string of the molecule is CC(=O)O[C@@]1(C(C)=O)CC[C@@H]2[C@H]3C=C(Cl)C4=CC(=O)C=C[C@]4(C)[C@@H]3CC[C@]21C. The number of fused-ring (bicyclic) bond motifs is 5. The number of rotatable bonds is 2. The zero-order chi connectivity index (χ0) is 20.5. The van der Waals surface area contributed by atoms with Gasteiger partial charge in [0.25, 0.3) is 0 Å². The third-order valence-corrected chi connectivity index (χ3v) is 8.50. The van der Waals surface area contributed by atoms with Gasteiger partial charge in [0.2, 0.25) is 0 Å². The maximum absolute atomic E-state index is 12.7. The van der Waals surface area contributed by atoms with Gasteiger partial charge in [-0.25, -0.2) is 0 Å². The highest BCUT2D eigenvalue weighted by atomic mass is 35.5. The summed E-state index contributed by atoms with van der Waals surface area (Å²) in [6, 6.07) is 0. The molecule has 150 valence electrons. The summed E-state index contributed by atoms with van der Waals surface area (Å²) >= 11 is 6.67. The largest absolute Gasteiger partial charge is 0.451 e. The van der Waals surface area contributed by atoms with Gasteiger partial charge in [-0.2, -0.15) is 0 Å². The van der Waals surface area contributed by atoms with E-state index in [-0.39, 0.29) is 28.8 Å². The molecule has 0 heterocycles. The quantitative estimate of drug-likeness (QED) is 0.637. The first kappa shape index (κ1) is 19.6. The van der Waals surface area contributed by atoms with E-state index < -0.39 is 17.0 Å². The van der Waals surface area contributed by atoms with Gasteiger partial charge in [-0.3, -0.25) is 14.4 Å². The van der Waals surface area contributed by atoms with Crippen LogP contribution in [0.4, 0.5) is 0 Å². The van der Waals surface area contributed by atoms with Crippen molar-refractivity contribution in [1.29, 1.82) is 0 Å². The first-order valence-electron chi connectivity index (χ1n) is 10.1. The van der Waals surface area contributed by atoms with E-state index in [1.54, 1.807) is 19.1 Å². The normalized spacial score (nSPS) is 44.0. The lowest BCUT2D eigenvalue weighted by Crippen LogP contribution is -2.58. The molecule has 0 bridgehead atoms. The molecule has 0 aromatic rings. The van der Waals surface area contributed by atoms with E-state index in [9.17, 15) is 14.4 Å². The van der Waals surface area contributed by atoms with Crippen LogP contribution in [-0.2, 0) is 19.1 Å². The standard InChI is InChI=1S/C23H27ClO4/c1-13(25)23(28-14(2)26)10-7-18-16-12-20(24)19-11-15(27)5-8-21(19,3)17(16)6-9-22(18,23)4/h5,8,11-12,16-18H,6-7,9-10H2,1-4H3/t16-,17+,18+,21+,22+,23+/m0/s1. The van der Waals surface area contributed by atoms with Gasteiger partial charge in [0.05, 0.1) is 0 Å². The molecule has 2 saturated carbocycles. The van der Waals surface area contributed by atoms with E-state index in [2.05, 4.69) is 19.9 Å². The first-order valence-corrected chi connectivity index (χ1v) is 10.5. The lowest BCUT2D eigenvalue weighted by molar-refractivity contribution is -0.184. The van der Waals surface area contributed by atoms with Gasteiger partial charge in [0.1, 0.15) is 0 Å². The molecule has 0 amide bonds. The molecule has 2 fully saturated rings. The molecule has 6 atom stereocenters. The molecule has 4 rings (SSSR count). The molecule has 28 heavy (non-hydrogen) atoms. The summed E-state index contributed by atoms with van der Waals surface area (Å²) in [5, 5.41) is 0.638. The topological polar surface area (TPSA) is 60.4 Å². The van der Waals surface area contributed by atoms with Crippen LogP contribution in [0.3, 0.4) is 0 Å². The van der Waals surface area contributed by atoms with Gasteiger partial charge in [-0.05, 0) is 68.1 Å². The van der Waals surface area contributed by atoms with E-state index >= 15 is 0 Å². The Morgan fingerprint density at radius 3 is 2.46 bits per heavy atom. The summed E-state index contributed by atoms with van der Waals surface area (Å²) in [4.78, 5) is 36.5. The van der Waals surface area contributed by atoms with Crippen LogP contribution in [0, 0.1) is 28.6 Å². The number of hydrogen-bond donors (Lipinski definition) is 0. The molecule has 0 unspecified atom stereocenters. The second-order valence-electron chi connectivity index (χ2n) is 9.35. The maximum Gasteiger partial charge on any atom is 0.303 e. The molecule has 0 aromatic heterocycles. The fourth-order valence-electron chi connectivity index (χ4n) is 6.79. The molecule has 0 N–H and O–H groups in total. The van der Waals surface area contributed by atoms with E-state index in [4.69, 9.17) is 16.3 Å². The molecular weight excluding hydrogens is 376 g/mol. The summed E-state index contributed by atoms with van der Waals surface area (Å²) in [6.07, 6.45) is 10.5. The van der Waals surface area contributed by atoms with Crippen molar-refractivity contribution < 1.29 is 19.1 Å². The van der Waals surface area contributed by atoms with Gasteiger partial charge >= 0.3 is 5.97 Å². The number of Topliss-reactive ketones (excluding diaryl/α,β-unsaturated/α-hetero) is 1. The number of ketones is 2. The van der Waals surface area contributed by atoms with Gasteiger partial charge in [-0.15, -0.1) is 0 Å². The van der Waals surface area contributed by atoms with E-state index in [0.29, 0.717) is 17.4 Å². The minimum Gasteiger partial charge on any atom is -0.451 e. The monoisotopic (exact) mass is 402 g/mol. The number of carbonyl (C=O) groups excluding carboxylic acids is 3. The van der Waals surface area contributed by atoms with Crippen molar-refractivity contribution in [3.05, 3.63) is 34.9 Å². The molecular formula is C23H27ClO4. The molecule has 4 nitrogen and oxygen atoms in total. The maximum atomic E-state index is 12.7. The van der Waals surface area contributed by atoms with Crippen molar-refractivity contribution in [3.8, 4) is 0 Å². The molecule has 0 aromatic carbocycles. The minimum atomic E-state index is -1.05. The highest BCUT2D eigenvalue weighted by Gasteiger charge is 2.67. The van der Waals surface area contributed by atoms with E-state index in [0.717, 1.165) is 24.8 Å². The Bertz CT molecular complexity index is 868. The summed E-state index contributed by atoms with van der Waals surface area (Å²) in [5.74, 6) is 0.207. The zero-order valence-electron chi connectivity index (χ0n) is 16.9. The van der Waals surface area contributed by atoms with Crippen LogP contribution in [0.2, 0.25) is 0 Å². The Morgan fingerprint density at radius 2 is 1.82 bits per heavy atom. The number of ether oxygens (including phenoxy) is 1. The lowest BCUT2D eigenvalue weighted by atomic mass is 9.48. The number of hydrogen-bond acceptors (Lipinski definition) is 4. The molecule has 0 radical (unpaired) electrons. The van der Waals surface area contributed by atoms with Gasteiger partial charge in [-0.1, -0.05) is 37.6 Å². The third-order valence-electron chi connectivity index (χ3n) is 8.17. The highest BCUT2D eigenvalue weighted by Crippen LogP contribution is 2.67. The summed E-state index contributed by atoms with van der Waals surface area (Å²) in [7, 11) is 0. The predicted octanol–water partition coefficient (Wildman–Crippen LogP) is 4.53. The third kappa shape index (κ3) is 2.39. The van der Waals surface area contributed by atoms with Crippen LogP contribution < -0.4 is 0 Å². The molecule has 0 spiro atoms. The van der Waals surface area contributed by atoms with Gasteiger partial charge in [0, 0.05) is 22.8 Å². The van der Waals surface area contributed by atoms with Crippen molar-refractivity contribution in [2.75, 3.05) is 0 Å². The average Bonchev–Trinajstić information content (AvgIpc) is 2.90. The zero-order valence-corrected chi connectivity index (χ0v) is 17.6. The highest BCUT2D eigenvalue weighted by molar-refractivity contribution is 6.32. The van der Waals surface area contributed by atoms with E-state index in [1.165, 1.54) is 6.92 Å². The van der Waals surface area contributed by atoms with Crippen molar-refractivity contribution >= 4 is 29.1 Å². The fourth-order valence-corrected chi connectivity index (χ4v) is 7.19. The van der Waals surface area contributed by atoms with Crippen molar-refractivity contribution in [2.24, 2.45) is 28.6 Å². The molecule has 5 heteroatoms. The van der Waals surface area contributed by atoms with Crippen molar-refractivity contribution in [3.63, 3.8) is 0 Å². The van der Waals surface area contributed by atoms with E-state index in [1.807, 2.05) is 6.08 Å². The minimum absolute atomic E-state index is 0.0237. The molecule has 0 saturated heterocycles. The summed E-state index contributed by atoms with van der Waals surface area (Å²) in [6.45, 7) is 7.20. The Hall–Kier alpha value is -1.68. The number of halogens is 1. The second kappa shape index (κ2) is 6.16. The lowest BCUT2D eigenvalue weighted by Gasteiger charge is -2.56. The average molecular weight is 403 g/mol. The van der Waals surface area contributed by atoms with Crippen LogP contribution >= 0.6 is 11.6 Å². The number of allylic oxidation sites excluding steroid dienone is 6. The fraction of sp³-hybridized carbons (Fsp3) is 0.609. The number of carbonyl (C=O) groups is 3. The number of esters is 1. The van der Waals surface area contributed by atoms with Crippen LogP contribution in [0.1, 0.15) is 53.4 Å². The summed E-state index contributed by atoms with van der Waals surface area (Å²) < 4.78 is 5.77. The van der Waals surface area contributed by atoms with Crippen molar-refractivity contribution in [2.45, 2.75) is 59.0 Å². The Kier molecular flexibility index (Phi) is 4.32. The molecule has 4 aliphatic rings. The Balaban J connectivity index is 1.80. The van der Waals surface area contributed by atoms with Crippen LogP contribution in [0.15, 0.2) is 34.9 Å². The predicted molar refractivity (Wildman–Crippen MR) is 106 cm³/mol. The second-order valence-corrected chi connectivity index (χ2v) is 9.76. The Morgan fingerprint density at radius 1 is 1.14 bits per heavy atom. The van der Waals surface area contributed by atoms with Crippen LogP contribution in [-0.4, -0.2) is 23.1 Å². The Labute approximate surface area is 171 Å². The van der Waals surface area contributed by atoms with Crippen LogP contribution in [0.25, 0.3) is 0 Å². The first-order chi connectivity index (χ1) is 13.0. The van der Waals surface area contributed by atoms with Crippen molar-refractivity contribution in [1.82, 2.24) is 0 Å². The molecule has 0 aliphatic heterocycles. The van der Waals surface area contributed by atoms with Gasteiger partial charge < -0.3 is 4.74 Å². The molecule has 4 aliphatic carbocycles.